The first-order valence-electron chi connectivity index (χ1n) is 5.95. The summed E-state index contributed by atoms with van der Waals surface area (Å²) in [5, 5.41) is 3.19. The van der Waals surface area contributed by atoms with Gasteiger partial charge in [-0.05, 0) is 19.9 Å². The van der Waals surface area contributed by atoms with Crippen molar-refractivity contribution in [2.75, 3.05) is 13.1 Å². The van der Waals surface area contributed by atoms with Crippen molar-refractivity contribution in [3.05, 3.63) is 18.5 Å². The van der Waals surface area contributed by atoms with Crippen LogP contribution in [0.5, 0.6) is 6.01 Å². The Hall–Kier alpha value is -1.62. The fourth-order valence-electron chi connectivity index (χ4n) is 2.01. The molecule has 0 aromatic carbocycles. The van der Waals surface area contributed by atoms with E-state index in [2.05, 4.69) is 33.7 Å². The molecule has 1 aliphatic heterocycles. The van der Waals surface area contributed by atoms with Crippen molar-refractivity contribution in [1.82, 2.24) is 19.9 Å². The molecule has 2 aromatic rings. The lowest BCUT2D eigenvalue weighted by atomic mass is 10.2. The highest BCUT2D eigenvalue weighted by Gasteiger charge is 2.22. The van der Waals surface area contributed by atoms with Crippen LogP contribution in [0.1, 0.15) is 19.9 Å². The third-order valence-corrected chi connectivity index (χ3v) is 2.99. The van der Waals surface area contributed by atoms with Crippen LogP contribution in [0.2, 0.25) is 0 Å². The molecule has 0 atom stereocenters. The van der Waals surface area contributed by atoms with Gasteiger partial charge in [0.1, 0.15) is 11.6 Å². The Morgan fingerprint density at radius 1 is 1.47 bits per heavy atom. The van der Waals surface area contributed by atoms with Gasteiger partial charge in [0.2, 0.25) is 0 Å². The number of hydrogen-bond acceptors (Lipinski definition) is 4. The van der Waals surface area contributed by atoms with Crippen molar-refractivity contribution in [2.24, 2.45) is 0 Å². The lowest BCUT2D eigenvalue weighted by molar-refractivity contribution is 0.123. The highest BCUT2D eigenvalue weighted by atomic mass is 16.5. The largest absolute Gasteiger partial charge is 0.459 e. The molecule has 17 heavy (non-hydrogen) atoms. The molecule has 5 heteroatoms. The third-order valence-electron chi connectivity index (χ3n) is 2.99. The van der Waals surface area contributed by atoms with E-state index < -0.39 is 0 Å². The van der Waals surface area contributed by atoms with Gasteiger partial charge in [0, 0.05) is 25.3 Å². The Kier molecular flexibility index (Phi) is 2.48. The van der Waals surface area contributed by atoms with E-state index in [0.29, 0.717) is 12.1 Å². The minimum atomic E-state index is 0.247. The Morgan fingerprint density at radius 3 is 2.94 bits per heavy atom. The van der Waals surface area contributed by atoms with Crippen LogP contribution in [-0.2, 0) is 0 Å². The molecule has 2 aromatic heterocycles. The first-order chi connectivity index (χ1) is 8.25. The number of ether oxygens (including phenoxy) is 1. The fraction of sp³-hybridized carbons (Fsp3) is 0.500. The Balaban J connectivity index is 2.05. The van der Waals surface area contributed by atoms with E-state index in [-0.39, 0.29) is 6.10 Å². The highest BCUT2D eigenvalue weighted by molar-refractivity contribution is 5.75. The van der Waals surface area contributed by atoms with Gasteiger partial charge in [-0.15, -0.1) is 0 Å². The van der Waals surface area contributed by atoms with Crippen LogP contribution in [-0.4, -0.2) is 33.7 Å². The Labute approximate surface area is 99.8 Å². The zero-order valence-corrected chi connectivity index (χ0v) is 10.1. The summed E-state index contributed by atoms with van der Waals surface area (Å²) in [7, 11) is 0. The maximum Gasteiger partial charge on any atom is 0.298 e. The van der Waals surface area contributed by atoms with Crippen molar-refractivity contribution in [3.63, 3.8) is 0 Å². The predicted octanol–water partition coefficient (Wildman–Crippen LogP) is 1.36. The molecule has 0 radical (unpaired) electrons. The van der Waals surface area contributed by atoms with Crippen LogP contribution in [0, 0.1) is 0 Å². The molecule has 1 fully saturated rings. The molecule has 1 N–H and O–H groups in total. The molecule has 0 saturated carbocycles. The first-order valence-corrected chi connectivity index (χ1v) is 5.95. The molecule has 0 unspecified atom stereocenters. The number of nitrogens with zero attached hydrogens (tertiary/aromatic N) is 3. The van der Waals surface area contributed by atoms with Crippen LogP contribution in [0.3, 0.4) is 0 Å². The number of nitrogens with one attached hydrogen (secondary N) is 1. The molecule has 1 aliphatic rings. The van der Waals surface area contributed by atoms with Crippen LogP contribution >= 0.6 is 0 Å². The SMILES string of the molecule is CC(C)n1c(OC2CNC2)nc2cnccc21. The predicted molar refractivity (Wildman–Crippen MR) is 65.2 cm³/mol. The van der Waals surface area contributed by atoms with Gasteiger partial charge in [0.15, 0.2) is 0 Å². The topological polar surface area (TPSA) is 52.0 Å². The molecule has 0 amide bonds. The monoisotopic (exact) mass is 232 g/mol. The smallest absolute Gasteiger partial charge is 0.298 e. The second-order valence-corrected chi connectivity index (χ2v) is 4.62. The summed E-state index contributed by atoms with van der Waals surface area (Å²) < 4.78 is 8.01. The van der Waals surface area contributed by atoms with E-state index in [1.54, 1.807) is 12.4 Å². The maximum atomic E-state index is 5.89. The lowest BCUT2D eigenvalue weighted by Crippen LogP contribution is -2.50. The quantitative estimate of drug-likeness (QED) is 0.868. The fourth-order valence-corrected chi connectivity index (χ4v) is 2.01. The van der Waals surface area contributed by atoms with Gasteiger partial charge in [-0.3, -0.25) is 9.55 Å². The standard InChI is InChI=1S/C12H16N4O/c1-8(2)16-11-3-4-13-7-10(11)15-12(16)17-9-5-14-6-9/h3-4,7-9,14H,5-6H2,1-2H3. The van der Waals surface area contributed by atoms with Crippen molar-refractivity contribution in [1.29, 1.82) is 0 Å². The number of aromatic nitrogens is 3. The summed E-state index contributed by atoms with van der Waals surface area (Å²) in [6.07, 6.45) is 3.81. The van der Waals surface area contributed by atoms with Crippen LogP contribution in [0.25, 0.3) is 11.0 Å². The molecule has 0 aliphatic carbocycles. The molecule has 3 heterocycles. The summed E-state index contributed by atoms with van der Waals surface area (Å²) in [6, 6.07) is 3.01. The molecule has 90 valence electrons. The molecular formula is C12H16N4O. The van der Waals surface area contributed by atoms with Gasteiger partial charge >= 0.3 is 0 Å². The minimum Gasteiger partial charge on any atom is -0.459 e. The molecule has 0 bridgehead atoms. The van der Waals surface area contributed by atoms with Crippen molar-refractivity contribution in [2.45, 2.75) is 26.0 Å². The van der Waals surface area contributed by atoms with E-state index >= 15 is 0 Å². The molecule has 5 nitrogen and oxygen atoms in total. The average molecular weight is 232 g/mol. The van der Waals surface area contributed by atoms with E-state index in [9.17, 15) is 0 Å². The summed E-state index contributed by atoms with van der Waals surface area (Å²) >= 11 is 0. The second-order valence-electron chi connectivity index (χ2n) is 4.62. The number of pyridine rings is 1. The molecule has 1 saturated heterocycles. The zero-order chi connectivity index (χ0) is 11.8. The average Bonchev–Trinajstić information content (AvgIpc) is 2.61. The van der Waals surface area contributed by atoms with Crippen molar-refractivity contribution in [3.8, 4) is 6.01 Å². The summed E-state index contributed by atoms with van der Waals surface area (Å²) in [5.41, 5.74) is 1.97. The normalized spacial score (nSPS) is 16.4. The Bertz CT molecular complexity index is 530. The molecule has 0 spiro atoms. The van der Waals surface area contributed by atoms with E-state index in [4.69, 9.17) is 4.74 Å². The van der Waals surface area contributed by atoms with E-state index in [0.717, 1.165) is 24.1 Å². The maximum absolute atomic E-state index is 5.89. The second kappa shape index (κ2) is 4.00. The van der Waals surface area contributed by atoms with Crippen LogP contribution in [0.4, 0.5) is 0 Å². The number of rotatable bonds is 3. The van der Waals surface area contributed by atoms with Gasteiger partial charge in [0.25, 0.3) is 6.01 Å². The summed E-state index contributed by atoms with van der Waals surface area (Å²) in [6.45, 7) is 6.07. The van der Waals surface area contributed by atoms with Gasteiger partial charge in [0.05, 0.1) is 11.7 Å². The number of imidazole rings is 1. The molecular weight excluding hydrogens is 216 g/mol. The van der Waals surface area contributed by atoms with Gasteiger partial charge in [-0.2, -0.15) is 4.98 Å². The van der Waals surface area contributed by atoms with Gasteiger partial charge in [-0.1, -0.05) is 0 Å². The van der Waals surface area contributed by atoms with Crippen LogP contribution in [0.15, 0.2) is 18.5 Å². The van der Waals surface area contributed by atoms with Crippen LogP contribution < -0.4 is 10.1 Å². The van der Waals surface area contributed by atoms with Gasteiger partial charge in [-0.25, -0.2) is 0 Å². The summed E-state index contributed by atoms with van der Waals surface area (Å²) in [5.74, 6) is 0. The highest BCUT2D eigenvalue weighted by Crippen LogP contribution is 2.26. The van der Waals surface area contributed by atoms with Crippen molar-refractivity contribution < 1.29 is 4.74 Å². The van der Waals surface area contributed by atoms with E-state index in [1.807, 2.05) is 6.07 Å². The van der Waals surface area contributed by atoms with Gasteiger partial charge < -0.3 is 10.1 Å². The Morgan fingerprint density at radius 2 is 2.29 bits per heavy atom. The number of fused-ring (bicyclic) bond motifs is 1. The first kappa shape index (κ1) is 10.5. The van der Waals surface area contributed by atoms with E-state index in [1.165, 1.54) is 0 Å². The minimum absolute atomic E-state index is 0.247. The zero-order valence-electron chi connectivity index (χ0n) is 10.1. The van der Waals surface area contributed by atoms with Crippen molar-refractivity contribution >= 4 is 11.0 Å². The third kappa shape index (κ3) is 1.76. The lowest BCUT2D eigenvalue weighted by Gasteiger charge is -2.27. The molecule has 3 rings (SSSR count). The summed E-state index contributed by atoms with van der Waals surface area (Å²) in [4.78, 5) is 8.60. The number of hydrogen-bond donors (Lipinski definition) is 1.